The summed E-state index contributed by atoms with van der Waals surface area (Å²) in [5.74, 6) is 0.223. The molecule has 0 saturated carbocycles. The van der Waals surface area contributed by atoms with Crippen LogP contribution in [0.5, 0.6) is 0 Å². The maximum absolute atomic E-state index is 13.6. The molecule has 1 amide bonds. The summed E-state index contributed by atoms with van der Waals surface area (Å²) < 4.78 is 13.6. The molecule has 2 aliphatic carbocycles. The number of hydrogen-bond donors (Lipinski definition) is 1. The van der Waals surface area contributed by atoms with Gasteiger partial charge in [-0.1, -0.05) is 42.5 Å². The molecule has 1 heterocycles. The largest absolute Gasteiger partial charge is 0.309 e. The van der Waals surface area contributed by atoms with Gasteiger partial charge in [0.2, 0.25) is 5.91 Å². The number of halogens is 1. The van der Waals surface area contributed by atoms with Crippen LogP contribution in [-0.2, 0) is 11.2 Å². The second kappa shape index (κ2) is 7.27. The molecule has 0 bridgehead atoms. The number of nitrogens with one attached hydrogen (secondary N) is 1. The molecule has 2 aliphatic rings. The van der Waals surface area contributed by atoms with Crippen molar-refractivity contribution in [3.05, 3.63) is 77.0 Å². The summed E-state index contributed by atoms with van der Waals surface area (Å²) in [6, 6.07) is 9.87. The minimum atomic E-state index is -0.188. The summed E-state index contributed by atoms with van der Waals surface area (Å²) in [6.07, 6.45) is 10.4. The van der Waals surface area contributed by atoms with E-state index in [1.807, 2.05) is 48.6 Å². The minimum absolute atomic E-state index is 0.0241. The van der Waals surface area contributed by atoms with Gasteiger partial charge in [0, 0.05) is 12.8 Å². The average Bonchev–Trinajstić information content (AvgIpc) is 2.66. The topological polar surface area (TPSA) is 54.9 Å². The molecule has 4 nitrogen and oxygen atoms in total. The van der Waals surface area contributed by atoms with Crippen LogP contribution in [0.1, 0.15) is 41.9 Å². The molecule has 0 fully saturated rings. The Hall–Kier alpha value is -3.08. The molecule has 1 aromatic heterocycles. The second-order valence-corrected chi connectivity index (χ2v) is 6.85. The van der Waals surface area contributed by atoms with Crippen LogP contribution >= 0.6 is 0 Å². The highest BCUT2D eigenvalue weighted by molar-refractivity contribution is 5.90. The van der Waals surface area contributed by atoms with E-state index < -0.39 is 0 Å². The van der Waals surface area contributed by atoms with Gasteiger partial charge >= 0.3 is 0 Å². The van der Waals surface area contributed by atoms with Gasteiger partial charge in [-0.2, -0.15) is 0 Å². The molecular formula is C22H20FN3O. The van der Waals surface area contributed by atoms with Crippen LogP contribution in [0.3, 0.4) is 0 Å². The number of allylic oxidation sites excluding steroid dienone is 4. The number of anilines is 1. The fraction of sp³-hybridized carbons (Fsp3) is 0.227. The fourth-order valence-electron chi connectivity index (χ4n) is 3.62. The zero-order valence-corrected chi connectivity index (χ0v) is 15.0. The first-order chi connectivity index (χ1) is 13.1. The minimum Gasteiger partial charge on any atom is -0.309 e. The number of aromatic nitrogens is 2. The van der Waals surface area contributed by atoms with Crippen molar-refractivity contribution < 1.29 is 9.18 Å². The Balaban J connectivity index is 1.75. The Labute approximate surface area is 157 Å². The van der Waals surface area contributed by atoms with Crippen molar-refractivity contribution in [3.63, 3.8) is 0 Å². The maximum Gasteiger partial charge on any atom is 0.222 e. The predicted octanol–water partition coefficient (Wildman–Crippen LogP) is 4.67. The van der Waals surface area contributed by atoms with Crippen molar-refractivity contribution in [2.24, 2.45) is 5.92 Å². The molecular weight excluding hydrogens is 341 g/mol. The lowest BCUT2D eigenvalue weighted by atomic mass is 9.77. The van der Waals surface area contributed by atoms with E-state index >= 15 is 0 Å². The van der Waals surface area contributed by atoms with Crippen LogP contribution in [0.2, 0.25) is 0 Å². The zero-order valence-electron chi connectivity index (χ0n) is 15.0. The van der Waals surface area contributed by atoms with Crippen LogP contribution in [0, 0.1) is 5.92 Å². The molecule has 1 aromatic carbocycles. The Kier molecular flexibility index (Phi) is 4.67. The summed E-state index contributed by atoms with van der Waals surface area (Å²) in [4.78, 5) is 21.1. The molecule has 27 heavy (non-hydrogen) atoms. The van der Waals surface area contributed by atoms with Gasteiger partial charge in [-0.05, 0) is 42.6 Å². The Morgan fingerprint density at radius 2 is 2.04 bits per heavy atom. The number of carbonyl (C=O) groups excluding carboxylic acids is 1. The van der Waals surface area contributed by atoms with Gasteiger partial charge in [-0.25, -0.2) is 14.4 Å². The molecule has 2 aromatic rings. The number of fused-ring (bicyclic) bond motifs is 3. The third-order valence-corrected chi connectivity index (χ3v) is 4.88. The molecule has 2 unspecified atom stereocenters. The highest BCUT2D eigenvalue weighted by atomic mass is 19.1. The smallest absolute Gasteiger partial charge is 0.222 e. The van der Waals surface area contributed by atoms with Crippen molar-refractivity contribution in [1.82, 2.24) is 9.97 Å². The van der Waals surface area contributed by atoms with Gasteiger partial charge in [-0.15, -0.1) is 0 Å². The molecule has 0 spiro atoms. The Morgan fingerprint density at radius 3 is 2.81 bits per heavy atom. The third kappa shape index (κ3) is 3.72. The number of nitrogens with zero attached hydrogens (tertiary/aromatic N) is 2. The van der Waals surface area contributed by atoms with E-state index in [1.54, 1.807) is 6.08 Å². The number of rotatable bonds is 3. The molecule has 2 atom stereocenters. The maximum atomic E-state index is 13.6. The molecule has 0 radical (unpaired) electrons. The lowest BCUT2D eigenvalue weighted by molar-refractivity contribution is -0.114. The SMILES string of the molecule is CC(=O)Nc1nc2c(nc1/C=C/c1ccccc1)C1C=CC(F)=CC1CC2. The normalized spacial score (nSPS) is 20.7. The number of carbonyl (C=O) groups is 1. The molecule has 1 N–H and O–H groups in total. The van der Waals surface area contributed by atoms with E-state index in [-0.39, 0.29) is 23.6 Å². The van der Waals surface area contributed by atoms with E-state index in [1.165, 1.54) is 13.0 Å². The molecule has 136 valence electrons. The molecule has 0 aliphatic heterocycles. The molecule has 5 heteroatoms. The lowest BCUT2D eigenvalue weighted by Gasteiger charge is -2.30. The number of aryl methyl sites for hydroxylation is 1. The van der Waals surface area contributed by atoms with Gasteiger partial charge < -0.3 is 5.32 Å². The number of benzene rings is 1. The second-order valence-electron chi connectivity index (χ2n) is 6.85. The van der Waals surface area contributed by atoms with Crippen molar-refractivity contribution >= 4 is 23.9 Å². The summed E-state index contributed by atoms with van der Waals surface area (Å²) in [6.45, 7) is 1.46. The third-order valence-electron chi connectivity index (χ3n) is 4.88. The van der Waals surface area contributed by atoms with Crippen LogP contribution in [0.25, 0.3) is 12.2 Å². The fourth-order valence-corrected chi connectivity index (χ4v) is 3.62. The van der Waals surface area contributed by atoms with Crippen molar-refractivity contribution in [2.75, 3.05) is 5.32 Å². The van der Waals surface area contributed by atoms with Crippen LogP contribution in [0.4, 0.5) is 10.2 Å². The van der Waals surface area contributed by atoms with Gasteiger partial charge in [0.1, 0.15) is 11.5 Å². The molecule has 0 saturated heterocycles. The average molecular weight is 361 g/mol. The first-order valence-corrected chi connectivity index (χ1v) is 9.07. The van der Waals surface area contributed by atoms with Crippen molar-refractivity contribution in [3.8, 4) is 0 Å². The van der Waals surface area contributed by atoms with Gasteiger partial charge in [-0.3, -0.25) is 4.79 Å². The van der Waals surface area contributed by atoms with E-state index in [0.29, 0.717) is 11.5 Å². The van der Waals surface area contributed by atoms with Crippen LogP contribution in [0.15, 0.2) is 54.4 Å². The van der Waals surface area contributed by atoms with Crippen LogP contribution in [-0.4, -0.2) is 15.9 Å². The quantitative estimate of drug-likeness (QED) is 0.864. The monoisotopic (exact) mass is 361 g/mol. The van der Waals surface area contributed by atoms with Crippen LogP contribution < -0.4 is 5.32 Å². The Morgan fingerprint density at radius 1 is 1.22 bits per heavy atom. The van der Waals surface area contributed by atoms with E-state index in [0.717, 1.165) is 29.8 Å². The van der Waals surface area contributed by atoms with Crippen molar-refractivity contribution in [2.45, 2.75) is 25.7 Å². The summed E-state index contributed by atoms with van der Waals surface area (Å²) >= 11 is 0. The van der Waals surface area contributed by atoms with Gasteiger partial charge in [0.25, 0.3) is 0 Å². The first kappa shape index (κ1) is 17.3. The highest BCUT2D eigenvalue weighted by Gasteiger charge is 2.32. The van der Waals surface area contributed by atoms with E-state index in [2.05, 4.69) is 10.3 Å². The zero-order chi connectivity index (χ0) is 18.8. The first-order valence-electron chi connectivity index (χ1n) is 9.07. The predicted molar refractivity (Wildman–Crippen MR) is 105 cm³/mol. The summed E-state index contributed by atoms with van der Waals surface area (Å²) in [7, 11) is 0. The van der Waals surface area contributed by atoms with Gasteiger partial charge in [0.15, 0.2) is 5.82 Å². The standard InChI is InChI=1S/C22H20FN3O/c1-14(27)24-22-20(11-7-15-5-3-2-4-6-15)25-21-18-10-9-17(23)13-16(18)8-12-19(21)26-22/h2-7,9-11,13,16,18H,8,12H2,1H3,(H,24,26,27)/b11-7+. The van der Waals surface area contributed by atoms with Crippen molar-refractivity contribution in [1.29, 1.82) is 0 Å². The Bertz CT molecular complexity index is 963. The lowest BCUT2D eigenvalue weighted by Crippen LogP contribution is -2.24. The number of hydrogen-bond acceptors (Lipinski definition) is 3. The number of amides is 1. The van der Waals surface area contributed by atoms with Gasteiger partial charge in [0.05, 0.1) is 11.4 Å². The summed E-state index contributed by atoms with van der Waals surface area (Å²) in [5, 5.41) is 2.79. The van der Waals surface area contributed by atoms with E-state index in [9.17, 15) is 9.18 Å². The summed E-state index contributed by atoms with van der Waals surface area (Å²) in [5.41, 5.74) is 3.38. The highest BCUT2D eigenvalue weighted by Crippen LogP contribution is 2.40. The molecule has 4 rings (SSSR count). The van der Waals surface area contributed by atoms with E-state index in [4.69, 9.17) is 4.98 Å².